The van der Waals surface area contributed by atoms with Crippen molar-refractivity contribution in [1.29, 1.82) is 0 Å². The van der Waals surface area contributed by atoms with Crippen LogP contribution in [0.15, 0.2) is 0 Å². The fourth-order valence-electron chi connectivity index (χ4n) is 0.522. The van der Waals surface area contributed by atoms with E-state index in [2.05, 4.69) is 0 Å². The third-order valence-electron chi connectivity index (χ3n) is 0.955. The van der Waals surface area contributed by atoms with Crippen LogP contribution >= 0.6 is 12.4 Å². The second-order valence-corrected chi connectivity index (χ2v) is 2.78. The van der Waals surface area contributed by atoms with Crippen LogP contribution in [0.25, 0.3) is 0 Å². The third-order valence-corrected chi connectivity index (χ3v) is 0.955. The fourth-order valence-corrected chi connectivity index (χ4v) is 0.522. The molecule has 0 rings (SSSR count). The Hall–Kier alpha value is 0.180. The minimum atomic E-state index is -0.249. The maximum Gasteiger partial charge on any atom is 0.0895 e. The first-order valence-corrected chi connectivity index (χ1v) is 2.91. The van der Waals surface area contributed by atoms with Crippen LogP contribution in [-0.4, -0.2) is 12.2 Å². The molecule has 0 aromatic heterocycles. The second-order valence-electron chi connectivity index (χ2n) is 2.78. The molecule has 0 spiro atoms. The molecule has 0 aliphatic rings. The lowest BCUT2D eigenvalue weighted by molar-refractivity contribution is 0.395. The first-order chi connectivity index (χ1) is 3.56. The van der Waals surface area contributed by atoms with Crippen LogP contribution in [0, 0.1) is 0 Å². The van der Waals surface area contributed by atoms with E-state index in [0.717, 1.165) is 6.42 Å². The highest BCUT2D eigenvalue weighted by Crippen LogP contribution is 2.05. The molecule has 0 aromatic rings. The predicted molar refractivity (Wildman–Crippen MR) is 40.7 cm³/mol. The topological polar surface area (TPSA) is 26.0 Å². The van der Waals surface area contributed by atoms with Gasteiger partial charge in [0.2, 0.25) is 0 Å². The summed E-state index contributed by atoms with van der Waals surface area (Å²) in [6.07, 6.45) is 1.35. The van der Waals surface area contributed by atoms with Crippen molar-refractivity contribution in [3.8, 4) is 0 Å². The molecule has 0 aliphatic carbocycles. The molecule has 2 N–H and O–H groups in total. The van der Waals surface area contributed by atoms with Gasteiger partial charge in [0.25, 0.3) is 0 Å². The van der Waals surface area contributed by atoms with Gasteiger partial charge in [-0.25, -0.2) is 0 Å². The molecule has 0 radical (unpaired) electrons. The summed E-state index contributed by atoms with van der Waals surface area (Å²) in [6, 6.07) is 0. The quantitative estimate of drug-likeness (QED) is 0.662. The van der Waals surface area contributed by atoms with Crippen LogP contribution in [0.3, 0.4) is 0 Å². The Bertz CT molecular complexity index is 60.6. The minimum absolute atomic E-state index is 0. The number of nitrogens with two attached hydrogens (primary N) is 1. The molecule has 0 amide bonds. The summed E-state index contributed by atoms with van der Waals surface area (Å²) in [7, 11) is 0. The van der Waals surface area contributed by atoms with E-state index in [1.165, 1.54) is 0 Å². The Kier molecular flexibility index (Phi) is 6.62. The van der Waals surface area contributed by atoms with E-state index < -0.39 is 0 Å². The second kappa shape index (κ2) is 5.00. The Morgan fingerprint density at radius 2 is 1.89 bits per heavy atom. The summed E-state index contributed by atoms with van der Waals surface area (Å²) in [6.45, 7) is 3.56. The Balaban J connectivity index is 0. The van der Waals surface area contributed by atoms with Gasteiger partial charge in [-0.15, -0.1) is 12.4 Å². The van der Waals surface area contributed by atoms with E-state index in [0.29, 0.717) is 6.42 Å². The van der Waals surface area contributed by atoms with Crippen molar-refractivity contribution >= 4 is 12.4 Å². The molecule has 0 aromatic carbocycles. The molecule has 0 atom stereocenters. The summed E-state index contributed by atoms with van der Waals surface area (Å²) < 4.78 is 11.5. The van der Waals surface area contributed by atoms with Gasteiger partial charge < -0.3 is 5.73 Å². The van der Waals surface area contributed by atoms with E-state index >= 15 is 0 Å². The van der Waals surface area contributed by atoms with Gasteiger partial charge in [-0.05, 0) is 26.7 Å². The van der Waals surface area contributed by atoms with Crippen LogP contribution in [0.5, 0.6) is 0 Å². The third kappa shape index (κ3) is 11.6. The summed E-state index contributed by atoms with van der Waals surface area (Å²) in [4.78, 5) is 0. The lowest BCUT2D eigenvalue weighted by atomic mass is 10.0. The van der Waals surface area contributed by atoms with E-state index in [4.69, 9.17) is 5.73 Å². The lowest BCUT2D eigenvalue weighted by Crippen LogP contribution is -2.31. The van der Waals surface area contributed by atoms with Crippen LogP contribution < -0.4 is 5.73 Å². The number of hydrogen-bond acceptors (Lipinski definition) is 1. The molecule has 58 valence electrons. The van der Waals surface area contributed by atoms with Gasteiger partial charge in [-0.2, -0.15) is 0 Å². The molecule has 0 unspecified atom stereocenters. The van der Waals surface area contributed by atoms with E-state index in [-0.39, 0.29) is 24.6 Å². The van der Waals surface area contributed by atoms with Gasteiger partial charge in [-0.1, -0.05) is 0 Å². The Morgan fingerprint density at radius 3 is 2.00 bits per heavy atom. The molecule has 0 aliphatic heterocycles. The Labute approximate surface area is 62.2 Å². The predicted octanol–water partition coefficient (Wildman–Crippen LogP) is 1.90. The van der Waals surface area contributed by atoms with Crippen LogP contribution in [0.1, 0.15) is 26.7 Å². The highest BCUT2D eigenvalue weighted by Gasteiger charge is 2.08. The minimum Gasteiger partial charge on any atom is -0.326 e. The standard InChI is InChI=1S/C6H14FN.ClH/c1-6(2,8)4-3-5-7;/h3-5,8H2,1-2H3;1H. The van der Waals surface area contributed by atoms with E-state index in [1.807, 2.05) is 13.8 Å². The molecule has 0 heterocycles. The average molecular weight is 156 g/mol. The molecule has 1 nitrogen and oxygen atoms in total. The van der Waals surface area contributed by atoms with Crippen molar-refractivity contribution in [3.05, 3.63) is 0 Å². The van der Waals surface area contributed by atoms with Crippen molar-refractivity contribution in [1.82, 2.24) is 0 Å². The first kappa shape index (κ1) is 11.9. The highest BCUT2D eigenvalue weighted by molar-refractivity contribution is 5.85. The zero-order valence-electron chi connectivity index (χ0n) is 5.98. The van der Waals surface area contributed by atoms with Crippen molar-refractivity contribution < 1.29 is 4.39 Å². The van der Waals surface area contributed by atoms with Gasteiger partial charge in [0.1, 0.15) is 0 Å². The maximum absolute atomic E-state index is 11.5. The summed E-state index contributed by atoms with van der Waals surface area (Å²) in [5.41, 5.74) is 5.37. The largest absolute Gasteiger partial charge is 0.326 e. The van der Waals surface area contributed by atoms with Gasteiger partial charge in [0.05, 0.1) is 6.67 Å². The first-order valence-electron chi connectivity index (χ1n) is 2.91. The zero-order chi connectivity index (χ0) is 6.62. The van der Waals surface area contributed by atoms with Gasteiger partial charge in [0, 0.05) is 5.54 Å². The molecule has 0 bridgehead atoms. The molecule has 0 saturated heterocycles. The lowest BCUT2D eigenvalue weighted by Gasteiger charge is -2.16. The highest BCUT2D eigenvalue weighted by atomic mass is 35.5. The van der Waals surface area contributed by atoms with Crippen LogP contribution in [0.4, 0.5) is 4.39 Å². The average Bonchev–Trinajstić information content (AvgIpc) is 1.59. The molecular formula is C6H15ClFN. The van der Waals surface area contributed by atoms with Gasteiger partial charge >= 0.3 is 0 Å². The summed E-state index contributed by atoms with van der Waals surface area (Å²) in [5.74, 6) is 0. The number of rotatable bonds is 3. The molecular weight excluding hydrogens is 141 g/mol. The van der Waals surface area contributed by atoms with Crippen LogP contribution in [-0.2, 0) is 0 Å². The molecule has 0 fully saturated rings. The van der Waals surface area contributed by atoms with Crippen molar-refractivity contribution in [2.24, 2.45) is 5.73 Å². The number of hydrogen-bond donors (Lipinski definition) is 1. The number of alkyl halides is 1. The van der Waals surface area contributed by atoms with Crippen molar-refractivity contribution in [2.75, 3.05) is 6.67 Å². The summed E-state index contributed by atoms with van der Waals surface area (Å²) in [5, 5.41) is 0. The van der Waals surface area contributed by atoms with Gasteiger partial charge in [0.15, 0.2) is 0 Å². The van der Waals surface area contributed by atoms with Gasteiger partial charge in [-0.3, -0.25) is 4.39 Å². The fraction of sp³-hybridized carbons (Fsp3) is 1.00. The van der Waals surface area contributed by atoms with Crippen molar-refractivity contribution in [3.63, 3.8) is 0 Å². The molecule has 3 heteroatoms. The monoisotopic (exact) mass is 155 g/mol. The number of halogens is 2. The van der Waals surface area contributed by atoms with E-state index in [1.54, 1.807) is 0 Å². The Morgan fingerprint density at radius 1 is 1.44 bits per heavy atom. The maximum atomic E-state index is 11.5. The SMILES string of the molecule is CC(C)(N)CCCF.Cl. The normalized spacial score (nSPS) is 10.7. The molecule has 9 heavy (non-hydrogen) atoms. The van der Waals surface area contributed by atoms with Crippen LogP contribution in [0.2, 0.25) is 0 Å². The smallest absolute Gasteiger partial charge is 0.0895 e. The zero-order valence-corrected chi connectivity index (χ0v) is 6.80. The summed E-state index contributed by atoms with van der Waals surface area (Å²) >= 11 is 0. The van der Waals surface area contributed by atoms with Crippen molar-refractivity contribution in [2.45, 2.75) is 32.2 Å². The molecule has 0 saturated carbocycles. The van der Waals surface area contributed by atoms with E-state index in [9.17, 15) is 4.39 Å².